The summed E-state index contributed by atoms with van der Waals surface area (Å²) in [4.78, 5) is 95.7. The number of ketones is 2. The maximum absolute atomic E-state index is 13.0. The van der Waals surface area contributed by atoms with Gasteiger partial charge in [-0.05, 0) is 51.4 Å². The van der Waals surface area contributed by atoms with E-state index in [1.54, 1.807) is 0 Å². The fourth-order valence-corrected chi connectivity index (χ4v) is 5.74. The number of carboxylic acid groups (broad SMARTS) is 2. The van der Waals surface area contributed by atoms with Crippen LogP contribution in [0.25, 0.3) is 0 Å². The average Bonchev–Trinajstić information content (AvgIpc) is 3.61. The molecule has 1 fully saturated rings. The number of Topliss-reactive ketones (excluding diaryl/α,β-unsaturated/α-hetero) is 2. The molecule has 1 saturated carbocycles. The molecular weight excluding hydrogens is 681 g/mol. The molecule has 0 aromatic heterocycles. The Labute approximate surface area is 295 Å². The largest absolute Gasteiger partial charge is 0.490 e. The first-order chi connectivity index (χ1) is 23.8. The molecule has 288 valence electrons. The third kappa shape index (κ3) is 16.6. The fraction of sp³-hybridized carbons (Fsp3) is 0.706. The number of nitrogens with two attached hydrogens (primary N) is 1. The van der Waals surface area contributed by atoms with Gasteiger partial charge in [-0.3, -0.25) is 33.7 Å². The third-order valence-corrected chi connectivity index (χ3v) is 8.84. The average molecular weight is 733 g/mol. The molecule has 0 radical (unpaired) electrons. The summed E-state index contributed by atoms with van der Waals surface area (Å²) < 4.78 is 31.7. The lowest BCUT2D eigenvalue weighted by Crippen LogP contribution is -2.51. The molecule has 0 saturated heterocycles. The molecule has 2 aliphatic rings. The Morgan fingerprint density at radius 3 is 1.94 bits per heavy atom. The molecule has 4 amide bonds. The Hall–Kier alpha value is -4.15. The highest BCUT2D eigenvalue weighted by Gasteiger charge is 2.38. The van der Waals surface area contributed by atoms with Crippen molar-refractivity contribution in [2.24, 2.45) is 23.5 Å². The first-order valence-corrected chi connectivity index (χ1v) is 17.2. The maximum Gasteiger partial charge on any atom is 0.490 e. The number of rotatable bonds is 21. The topological polar surface area (TPSA) is 230 Å². The van der Waals surface area contributed by atoms with Crippen LogP contribution in [-0.2, 0) is 38.4 Å². The standard InChI is InChI=1S/C32H50N4O8.C2HF3O2/c1-20(2)24(19-22(37)11-6-5-9-18-36-28(39)16-17-29(36)40)31(42)34-21(3)30(41)35-26(32(43)44)14-7-4-8-15-27(38)23-12-10-13-25(23)33;3-2(4,5)1(6)7/h16-17,20-21,23-26H,4-15,18-19,33H2,1-3H3,(H,34,42)(H,35,41)(H,43,44);(H,6,7)/t21-,23-,24-,25+,26-;/m0./s1. The van der Waals surface area contributed by atoms with Crippen LogP contribution in [0.2, 0.25) is 0 Å². The fourth-order valence-electron chi connectivity index (χ4n) is 5.74. The predicted molar refractivity (Wildman–Crippen MR) is 177 cm³/mol. The van der Waals surface area contributed by atoms with Crippen molar-refractivity contribution in [2.45, 2.75) is 129 Å². The molecule has 1 aliphatic heterocycles. The molecule has 14 nitrogen and oxygen atoms in total. The summed E-state index contributed by atoms with van der Waals surface area (Å²) in [6.45, 7) is 5.40. The summed E-state index contributed by atoms with van der Waals surface area (Å²) in [5.74, 6) is -6.48. The molecule has 2 rings (SSSR count). The van der Waals surface area contributed by atoms with Gasteiger partial charge in [0.15, 0.2) is 0 Å². The molecule has 1 aliphatic carbocycles. The molecular formula is C34H51F3N4O10. The number of halogens is 3. The Bertz CT molecular complexity index is 1270. The van der Waals surface area contributed by atoms with Gasteiger partial charge in [-0.15, -0.1) is 0 Å². The number of hydrogen-bond acceptors (Lipinski definition) is 9. The van der Waals surface area contributed by atoms with E-state index < -0.39 is 47.9 Å². The zero-order valence-corrected chi connectivity index (χ0v) is 29.3. The number of nitrogens with one attached hydrogen (secondary N) is 2. The van der Waals surface area contributed by atoms with Crippen LogP contribution in [0.5, 0.6) is 0 Å². The molecule has 51 heavy (non-hydrogen) atoms. The molecule has 17 heteroatoms. The molecule has 1 heterocycles. The van der Waals surface area contributed by atoms with Crippen LogP contribution in [0.1, 0.15) is 104 Å². The maximum atomic E-state index is 13.0. The molecule has 0 aromatic rings. The van der Waals surface area contributed by atoms with E-state index in [9.17, 15) is 51.8 Å². The van der Waals surface area contributed by atoms with Gasteiger partial charge in [0, 0.05) is 55.8 Å². The lowest BCUT2D eigenvalue weighted by atomic mass is 9.88. The molecule has 0 unspecified atom stereocenters. The number of imide groups is 1. The van der Waals surface area contributed by atoms with Gasteiger partial charge in [0.05, 0.1) is 0 Å². The minimum atomic E-state index is -5.08. The molecule has 5 atom stereocenters. The van der Waals surface area contributed by atoms with E-state index in [-0.39, 0.29) is 60.5 Å². The van der Waals surface area contributed by atoms with Crippen molar-refractivity contribution in [3.63, 3.8) is 0 Å². The molecule has 0 aromatic carbocycles. The van der Waals surface area contributed by atoms with Gasteiger partial charge in [0.2, 0.25) is 11.8 Å². The number of carbonyl (C=O) groups excluding carboxylic acids is 6. The van der Waals surface area contributed by atoms with E-state index >= 15 is 0 Å². The van der Waals surface area contributed by atoms with Gasteiger partial charge >= 0.3 is 18.1 Å². The second kappa shape index (κ2) is 21.9. The first-order valence-electron chi connectivity index (χ1n) is 17.2. The minimum Gasteiger partial charge on any atom is -0.480 e. The number of carbonyl (C=O) groups is 8. The third-order valence-electron chi connectivity index (χ3n) is 8.84. The van der Waals surface area contributed by atoms with E-state index in [4.69, 9.17) is 15.6 Å². The van der Waals surface area contributed by atoms with Gasteiger partial charge in [-0.2, -0.15) is 13.2 Å². The lowest BCUT2D eigenvalue weighted by Gasteiger charge is -2.23. The Morgan fingerprint density at radius 1 is 0.863 bits per heavy atom. The van der Waals surface area contributed by atoms with Gasteiger partial charge < -0.3 is 26.6 Å². The van der Waals surface area contributed by atoms with Crippen LogP contribution in [-0.4, -0.2) is 93.1 Å². The highest BCUT2D eigenvalue weighted by atomic mass is 19.4. The van der Waals surface area contributed by atoms with E-state index in [0.717, 1.165) is 24.2 Å². The van der Waals surface area contributed by atoms with Crippen LogP contribution >= 0.6 is 0 Å². The Morgan fingerprint density at radius 2 is 1.43 bits per heavy atom. The van der Waals surface area contributed by atoms with Crippen LogP contribution in [0.15, 0.2) is 12.2 Å². The predicted octanol–water partition coefficient (Wildman–Crippen LogP) is 3.06. The number of carboxylic acids is 2. The SMILES string of the molecule is CC(C)[C@H](CC(=O)CCCCCN1C(=O)C=CC1=O)C(=O)N[C@@H](C)C(=O)N[C@@H](CCCCCC(=O)[C@H]1CCC[C@H]1N)C(=O)O.O=C(O)C(F)(F)F. The van der Waals surface area contributed by atoms with E-state index in [1.165, 1.54) is 19.1 Å². The van der Waals surface area contributed by atoms with Crippen LogP contribution in [0, 0.1) is 17.8 Å². The smallest absolute Gasteiger partial charge is 0.480 e. The van der Waals surface area contributed by atoms with Crippen molar-refractivity contribution in [3.05, 3.63) is 12.2 Å². The monoisotopic (exact) mass is 732 g/mol. The highest BCUT2D eigenvalue weighted by molar-refractivity contribution is 6.12. The van der Waals surface area contributed by atoms with E-state index in [2.05, 4.69) is 10.6 Å². The molecule has 0 bridgehead atoms. The van der Waals surface area contributed by atoms with Crippen molar-refractivity contribution >= 4 is 47.1 Å². The first kappa shape index (κ1) is 44.9. The number of hydrogen-bond donors (Lipinski definition) is 5. The van der Waals surface area contributed by atoms with Crippen molar-refractivity contribution in [1.29, 1.82) is 0 Å². The molecule has 0 spiro atoms. The minimum absolute atomic E-state index is 0.0117. The molecule has 6 N–H and O–H groups in total. The number of alkyl halides is 3. The number of aliphatic carboxylic acids is 2. The number of unbranched alkanes of at least 4 members (excludes halogenated alkanes) is 4. The Balaban J connectivity index is 0.00000167. The zero-order valence-electron chi connectivity index (χ0n) is 29.3. The normalized spacial score (nSPS) is 18.9. The van der Waals surface area contributed by atoms with Gasteiger partial charge in [0.1, 0.15) is 23.7 Å². The highest BCUT2D eigenvalue weighted by Crippen LogP contribution is 2.26. The van der Waals surface area contributed by atoms with Crippen molar-refractivity contribution < 1.29 is 61.7 Å². The van der Waals surface area contributed by atoms with E-state index in [0.29, 0.717) is 51.5 Å². The number of nitrogens with zero attached hydrogens (tertiary/aromatic N) is 1. The summed E-state index contributed by atoms with van der Waals surface area (Å²) in [6.07, 6.45) is 4.58. The van der Waals surface area contributed by atoms with E-state index in [1.807, 2.05) is 13.8 Å². The quantitative estimate of drug-likeness (QED) is 0.0851. The summed E-state index contributed by atoms with van der Waals surface area (Å²) >= 11 is 0. The van der Waals surface area contributed by atoms with Crippen LogP contribution in [0.4, 0.5) is 13.2 Å². The summed E-state index contributed by atoms with van der Waals surface area (Å²) in [5, 5.41) is 21.8. The second-order valence-corrected chi connectivity index (χ2v) is 13.3. The van der Waals surface area contributed by atoms with Crippen LogP contribution in [0.3, 0.4) is 0 Å². The van der Waals surface area contributed by atoms with Gasteiger partial charge in [-0.1, -0.05) is 39.5 Å². The van der Waals surface area contributed by atoms with Crippen molar-refractivity contribution in [3.8, 4) is 0 Å². The number of amides is 4. The summed E-state index contributed by atoms with van der Waals surface area (Å²) in [6, 6.07) is -2.18. The summed E-state index contributed by atoms with van der Waals surface area (Å²) in [7, 11) is 0. The summed E-state index contributed by atoms with van der Waals surface area (Å²) in [5.41, 5.74) is 6.00. The van der Waals surface area contributed by atoms with Gasteiger partial charge in [-0.25, -0.2) is 9.59 Å². The van der Waals surface area contributed by atoms with Crippen LogP contribution < -0.4 is 16.4 Å². The second-order valence-electron chi connectivity index (χ2n) is 13.3. The Kier molecular flexibility index (Phi) is 19.3. The van der Waals surface area contributed by atoms with Crippen molar-refractivity contribution in [2.75, 3.05) is 6.54 Å². The lowest BCUT2D eigenvalue weighted by molar-refractivity contribution is -0.192. The van der Waals surface area contributed by atoms with Gasteiger partial charge in [0.25, 0.3) is 11.8 Å². The van der Waals surface area contributed by atoms with Crippen molar-refractivity contribution in [1.82, 2.24) is 15.5 Å². The zero-order chi connectivity index (χ0) is 38.9.